The highest BCUT2D eigenvalue weighted by molar-refractivity contribution is 5.81. The second kappa shape index (κ2) is 13.6. The second-order valence-corrected chi connectivity index (χ2v) is 11.4. The molecule has 2 aromatic rings. The number of nitrogens with one attached hydrogen (secondary N) is 1. The van der Waals surface area contributed by atoms with Crippen molar-refractivity contribution in [3.05, 3.63) is 63.6 Å². The number of hydrogen-bond donors (Lipinski definition) is 1. The van der Waals surface area contributed by atoms with Crippen molar-refractivity contribution < 1.29 is 23.8 Å². The molecule has 0 bridgehead atoms. The van der Waals surface area contributed by atoms with Gasteiger partial charge < -0.3 is 33.9 Å². The van der Waals surface area contributed by atoms with Crippen molar-refractivity contribution in [1.29, 1.82) is 0 Å². The zero-order valence-electron chi connectivity index (χ0n) is 24.2. The lowest BCUT2D eigenvalue weighted by Crippen LogP contribution is -2.47. The number of ether oxygens (including phenoxy) is 3. The predicted molar refractivity (Wildman–Crippen MR) is 154 cm³/mol. The first kappa shape index (κ1) is 29.3. The van der Waals surface area contributed by atoms with Gasteiger partial charge in [-0.2, -0.15) is 0 Å². The van der Waals surface area contributed by atoms with Crippen molar-refractivity contribution in [3.63, 3.8) is 0 Å². The maximum absolute atomic E-state index is 14.2. The molecule has 1 aromatic carbocycles. The fourth-order valence-corrected chi connectivity index (χ4v) is 5.85. The van der Waals surface area contributed by atoms with E-state index in [1.54, 1.807) is 35.9 Å². The van der Waals surface area contributed by atoms with Crippen molar-refractivity contribution in [3.8, 4) is 5.75 Å². The Labute approximate surface area is 241 Å². The Hall–Kier alpha value is -3.21. The summed E-state index contributed by atoms with van der Waals surface area (Å²) in [6.45, 7) is 4.51. The molecule has 2 saturated heterocycles. The van der Waals surface area contributed by atoms with Gasteiger partial charge in [-0.1, -0.05) is 6.07 Å². The molecule has 3 fully saturated rings. The zero-order chi connectivity index (χ0) is 28.8. The summed E-state index contributed by atoms with van der Waals surface area (Å²) in [7, 11) is 3.42. The number of carbonyl (C=O) groups excluding carboxylic acids is 2. The van der Waals surface area contributed by atoms with Crippen LogP contribution in [-0.4, -0.2) is 85.5 Å². The van der Waals surface area contributed by atoms with Crippen LogP contribution in [0.4, 0.5) is 4.79 Å². The van der Waals surface area contributed by atoms with E-state index in [1.807, 2.05) is 23.1 Å². The van der Waals surface area contributed by atoms with Crippen LogP contribution in [0, 0.1) is 5.92 Å². The molecule has 10 nitrogen and oxygen atoms in total. The number of carbonyl (C=O) groups is 2. The summed E-state index contributed by atoms with van der Waals surface area (Å²) >= 11 is 0. The van der Waals surface area contributed by atoms with Gasteiger partial charge in [-0.05, 0) is 79.5 Å². The SMILES string of the molecule is COCCCc1cc(CN(C(=O)C2CNCCC2c2ccn(C)c(=O)c2)C2CC2)cc(OC(=O)N2CCOCC2)c1. The fraction of sp³-hybridized carbons (Fsp3) is 0.581. The summed E-state index contributed by atoms with van der Waals surface area (Å²) in [5.41, 5.74) is 2.86. The van der Waals surface area contributed by atoms with E-state index in [2.05, 4.69) is 11.4 Å². The molecule has 3 heterocycles. The average molecular weight is 567 g/mol. The Balaban J connectivity index is 1.37. The van der Waals surface area contributed by atoms with E-state index in [-0.39, 0.29) is 35.4 Å². The molecular formula is C31H42N4O6. The van der Waals surface area contributed by atoms with Crippen molar-refractivity contribution in [2.24, 2.45) is 13.0 Å². The van der Waals surface area contributed by atoms with Gasteiger partial charge in [0.1, 0.15) is 5.75 Å². The topological polar surface area (TPSA) is 102 Å². The van der Waals surface area contributed by atoms with Gasteiger partial charge >= 0.3 is 6.09 Å². The molecule has 2 atom stereocenters. The van der Waals surface area contributed by atoms with E-state index in [4.69, 9.17) is 14.2 Å². The Morgan fingerprint density at radius 1 is 1.10 bits per heavy atom. The Kier molecular flexibility index (Phi) is 9.74. The highest BCUT2D eigenvalue weighted by atomic mass is 16.6. The quantitative estimate of drug-likeness (QED) is 0.441. The number of nitrogens with zero attached hydrogens (tertiary/aromatic N) is 3. The number of aromatic nitrogens is 1. The van der Waals surface area contributed by atoms with Crippen molar-refractivity contribution in [2.45, 2.75) is 50.6 Å². The minimum atomic E-state index is -0.381. The first-order chi connectivity index (χ1) is 19.9. The Morgan fingerprint density at radius 2 is 1.88 bits per heavy atom. The molecule has 2 unspecified atom stereocenters. The number of methoxy groups -OCH3 is 1. The maximum Gasteiger partial charge on any atom is 0.415 e. The van der Waals surface area contributed by atoms with Gasteiger partial charge in [0.15, 0.2) is 0 Å². The first-order valence-electron chi connectivity index (χ1n) is 14.8. The van der Waals surface area contributed by atoms with Crippen LogP contribution in [0.5, 0.6) is 5.75 Å². The second-order valence-electron chi connectivity index (χ2n) is 11.4. The van der Waals surface area contributed by atoms with E-state index in [1.165, 1.54) is 0 Å². The maximum atomic E-state index is 14.2. The number of hydrogen-bond acceptors (Lipinski definition) is 7. The monoisotopic (exact) mass is 566 g/mol. The van der Waals surface area contributed by atoms with Gasteiger partial charge in [-0.3, -0.25) is 9.59 Å². The van der Waals surface area contributed by atoms with Gasteiger partial charge in [0, 0.05) is 65.2 Å². The number of benzene rings is 1. The smallest absolute Gasteiger partial charge is 0.410 e. The number of morpholine rings is 1. The van der Waals surface area contributed by atoms with Crippen LogP contribution >= 0.6 is 0 Å². The Morgan fingerprint density at radius 3 is 2.61 bits per heavy atom. The zero-order valence-corrected chi connectivity index (χ0v) is 24.2. The van der Waals surface area contributed by atoms with Crippen LogP contribution in [0.3, 0.4) is 0 Å². The van der Waals surface area contributed by atoms with Gasteiger partial charge in [0.25, 0.3) is 5.56 Å². The van der Waals surface area contributed by atoms with Crippen LogP contribution in [0.1, 0.15) is 48.3 Å². The number of rotatable bonds is 10. The third-order valence-electron chi connectivity index (χ3n) is 8.29. The summed E-state index contributed by atoms with van der Waals surface area (Å²) in [4.78, 5) is 43.1. The van der Waals surface area contributed by atoms with E-state index < -0.39 is 0 Å². The molecule has 10 heteroatoms. The minimum absolute atomic E-state index is 0.00989. The molecule has 1 aromatic heterocycles. The van der Waals surface area contributed by atoms with Crippen LogP contribution in [0.2, 0.25) is 0 Å². The lowest BCUT2D eigenvalue weighted by Gasteiger charge is -2.36. The van der Waals surface area contributed by atoms with Crippen LogP contribution < -0.4 is 15.6 Å². The molecule has 1 aliphatic carbocycles. The number of pyridine rings is 1. The number of aryl methyl sites for hydroxylation is 2. The molecule has 1 saturated carbocycles. The fourth-order valence-electron chi connectivity index (χ4n) is 5.85. The van der Waals surface area contributed by atoms with Crippen LogP contribution in [-0.2, 0) is 34.3 Å². The van der Waals surface area contributed by atoms with E-state index >= 15 is 0 Å². The highest BCUT2D eigenvalue weighted by Crippen LogP contribution is 2.36. The van der Waals surface area contributed by atoms with Crippen molar-refractivity contribution in [2.75, 3.05) is 53.1 Å². The Bertz CT molecular complexity index is 1270. The summed E-state index contributed by atoms with van der Waals surface area (Å²) in [5.74, 6) is 0.346. The summed E-state index contributed by atoms with van der Waals surface area (Å²) < 4.78 is 18.0. The largest absolute Gasteiger partial charge is 0.415 e. The standard InChI is InChI=1S/C31H42N4O6/c1-33-10-8-24(19-29(33)36)27-7-9-32-20-28(27)30(37)35(25-5-6-25)21-23-16-22(4-3-13-39-2)17-26(18-23)41-31(38)34-11-14-40-15-12-34/h8,10,16-19,25,27-28,32H,3-7,9,11-15,20-21H2,1-2H3. The van der Waals surface area contributed by atoms with Crippen molar-refractivity contribution >= 4 is 12.0 Å². The molecule has 5 rings (SSSR count). The summed E-state index contributed by atoms with van der Waals surface area (Å²) in [5, 5.41) is 3.41. The van der Waals surface area contributed by atoms with Gasteiger partial charge in [0.2, 0.25) is 5.91 Å². The first-order valence-corrected chi connectivity index (χ1v) is 14.8. The molecule has 0 radical (unpaired) electrons. The molecule has 222 valence electrons. The third-order valence-corrected chi connectivity index (χ3v) is 8.29. The van der Waals surface area contributed by atoms with E-state index in [0.717, 1.165) is 55.3 Å². The summed E-state index contributed by atoms with van der Waals surface area (Å²) in [6, 6.07) is 9.76. The third kappa shape index (κ3) is 7.55. The molecule has 41 heavy (non-hydrogen) atoms. The normalized spacial score (nSPS) is 21.0. The molecule has 0 spiro atoms. The number of amides is 2. The lowest BCUT2D eigenvalue weighted by molar-refractivity contribution is -0.138. The molecule has 2 aliphatic heterocycles. The van der Waals surface area contributed by atoms with E-state index in [0.29, 0.717) is 51.7 Å². The van der Waals surface area contributed by atoms with E-state index in [9.17, 15) is 14.4 Å². The molecular weight excluding hydrogens is 524 g/mol. The van der Waals surface area contributed by atoms with Crippen molar-refractivity contribution in [1.82, 2.24) is 19.7 Å². The van der Waals surface area contributed by atoms with Gasteiger partial charge in [-0.15, -0.1) is 0 Å². The van der Waals surface area contributed by atoms with Gasteiger partial charge in [0.05, 0.1) is 19.1 Å². The van der Waals surface area contributed by atoms with Gasteiger partial charge in [-0.25, -0.2) is 4.79 Å². The average Bonchev–Trinajstić information content (AvgIpc) is 3.83. The molecule has 2 amide bonds. The lowest BCUT2D eigenvalue weighted by atomic mass is 9.80. The van der Waals surface area contributed by atoms with Crippen LogP contribution in [0.25, 0.3) is 0 Å². The molecule has 3 aliphatic rings. The predicted octanol–water partition coefficient (Wildman–Crippen LogP) is 2.68. The van der Waals surface area contributed by atoms with Crippen LogP contribution in [0.15, 0.2) is 41.3 Å². The summed E-state index contributed by atoms with van der Waals surface area (Å²) in [6.07, 6.45) is 5.79. The number of piperidine rings is 1. The molecule has 1 N–H and O–H groups in total. The minimum Gasteiger partial charge on any atom is -0.410 e. The highest BCUT2D eigenvalue weighted by Gasteiger charge is 2.40.